The van der Waals surface area contributed by atoms with Gasteiger partial charge in [0, 0.05) is 17.3 Å². The highest BCUT2D eigenvalue weighted by atomic mass is 16.5. The highest BCUT2D eigenvalue weighted by molar-refractivity contribution is 5.82. The van der Waals surface area contributed by atoms with Gasteiger partial charge in [-0.3, -0.25) is 9.89 Å². The molecular formula is C25H19N3O2. The van der Waals surface area contributed by atoms with Crippen molar-refractivity contribution in [3.63, 3.8) is 0 Å². The van der Waals surface area contributed by atoms with Crippen LogP contribution in [0.1, 0.15) is 0 Å². The number of aromatic amines is 1. The SMILES string of the molecule is COc1ccc(-c2c[nH]n3c(-c4ccccc4)c(-c4ccccc4)nc3c2=O)cc1. The Balaban J connectivity index is 1.77. The van der Waals surface area contributed by atoms with E-state index < -0.39 is 0 Å². The van der Waals surface area contributed by atoms with Gasteiger partial charge < -0.3 is 4.74 Å². The van der Waals surface area contributed by atoms with E-state index in [1.54, 1.807) is 17.8 Å². The minimum atomic E-state index is -0.127. The smallest absolute Gasteiger partial charge is 0.232 e. The average molecular weight is 393 g/mol. The molecule has 3 aromatic carbocycles. The Morgan fingerprint density at radius 3 is 2.07 bits per heavy atom. The topological polar surface area (TPSA) is 59.4 Å². The van der Waals surface area contributed by atoms with E-state index in [1.807, 2.05) is 84.9 Å². The van der Waals surface area contributed by atoms with Crippen LogP contribution in [0.5, 0.6) is 5.75 Å². The van der Waals surface area contributed by atoms with E-state index in [9.17, 15) is 4.79 Å². The number of benzene rings is 3. The van der Waals surface area contributed by atoms with Gasteiger partial charge in [-0.2, -0.15) is 0 Å². The lowest BCUT2D eigenvalue weighted by molar-refractivity contribution is 0.415. The van der Waals surface area contributed by atoms with E-state index in [0.29, 0.717) is 11.2 Å². The normalized spacial score (nSPS) is 11.0. The van der Waals surface area contributed by atoms with Crippen LogP contribution in [0.25, 0.3) is 39.3 Å². The zero-order chi connectivity index (χ0) is 20.5. The van der Waals surface area contributed by atoms with Crippen molar-refractivity contribution >= 4 is 5.65 Å². The molecule has 146 valence electrons. The minimum Gasteiger partial charge on any atom is -0.497 e. The van der Waals surface area contributed by atoms with Crippen molar-refractivity contribution in [3.05, 3.63) is 101 Å². The van der Waals surface area contributed by atoms with Gasteiger partial charge in [0.2, 0.25) is 11.1 Å². The van der Waals surface area contributed by atoms with E-state index in [2.05, 4.69) is 5.10 Å². The van der Waals surface area contributed by atoms with Crippen molar-refractivity contribution in [1.29, 1.82) is 0 Å². The number of ether oxygens (including phenoxy) is 1. The summed E-state index contributed by atoms with van der Waals surface area (Å²) < 4.78 is 6.99. The van der Waals surface area contributed by atoms with Gasteiger partial charge in [0.05, 0.1) is 24.1 Å². The van der Waals surface area contributed by atoms with Gasteiger partial charge in [0.1, 0.15) is 5.75 Å². The van der Waals surface area contributed by atoms with E-state index in [4.69, 9.17) is 9.72 Å². The number of fused-ring (bicyclic) bond motifs is 1. The number of hydrogen-bond donors (Lipinski definition) is 1. The molecule has 2 aromatic heterocycles. The minimum absolute atomic E-state index is 0.127. The molecule has 1 N–H and O–H groups in total. The summed E-state index contributed by atoms with van der Waals surface area (Å²) >= 11 is 0. The summed E-state index contributed by atoms with van der Waals surface area (Å²) in [5.41, 5.74) is 5.17. The lowest BCUT2D eigenvalue weighted by atomic mass is 10.1. The maximum Gasteiger partial charge on any atom is 0.232 e. The molecule has 2 heterocycles. The van der Waals surface area contributed by atoms with Gasteiger partial charge in [-0.25, -0.2) is 9.50 Å². The molecule has 0 spiro atoms. The molecule has 0 aliphatic carbocycles. The Kier molecular flexibility index (Phi) is 4.41. The van der Waals surface area contributed by atoms with Crippen molar-refractivity contribution in [1.82, 2.24) is 14.6 Å². The van der Waals surface area contributed by atoms with Crippen LogP contribution in [0.4, 0.5) is 0 Å². The first-order valence-corrected chi connectivity index (χ1v) is 9.65. The van der Waals surface area contributed by atoms with Crippen LogP contribution in [0, 0.1) is 0 Å². The lowest BCUT2D eigenvalue weighted by Crippen LogP contribution is -2.11. The third kappa shape index (κ3) is 2.97. The number of rotatable bonds is 4. The first-order valence-electron chi connectivity index (χ1n) is 9.65. The van der Waals surface area contributed by atoms with Gasteiger partial charge in [0.25, 0.3) is 0 Å². The number of methoxy groups -OCH3 is 1. The zero-order valence-corrected chi connectivity index (χ0v) is 16.4. The molecule has 0 saturated carbocycles. The third-order valence-electron chi connectivity index (χ3n) is 5.16. The van der Waals surface area contributed by atoms with Gasteiger partial charge in [-0.05, 0) is 17.7 Å². The number of hydrogen-bond acceptors (Lipinski definition) is 3. The lowest BCUT2D eigenvalue weighted by Gasteiger charge is -2.07. The monoisotopic (exact) mass is 393 g/mol. The summed E-state index contributed by atoms with van der Waals surface area (Å²) in [5.74, 6) is 0.745. The molecule has 0 bridgehead atoms. The number of H-pyrrole nitrogens is 1. The summed E-state index contributed by atoms with van der Waals surface area (Å²) in [7, 11) is 1.62. The van der Waals surface area contributed by atoms with E-state index in [1.165, 1.54) is 0 Å². The van der Waals surface area contributed by atoms with E-state index >= 15 is 0 Å². The third-order valence-corrected chi connectivity index (χ3v) is 5.16. The maximum atomic E-state index is 13.4. The van der Waals surface area contributed by atoms with Crippen LogP contribution in [0.15, 0.2) is 95.9 Å². The number of nitrogens with one attached hydrogen (secondary N) is 1. The second kappa shape index (κ2) is 7.37. The molecule has 0 fully saturated rings. The number of nitrogens with zero attached hydrogens (tertiary/aromatic N) is 2. The Bertz CT molecular complexity index is 1370. The number of imidazole rings is 1. The molecule has 0 aliphatic rings. The van der Waals surface area contributed by atoms with Crippen LogP contribution in [-0.2, 0) is 0 Å². The van der Waals surface area contributed by atoms with Gasteiger partial charge >= 0.3 is 0 Å². The first-order chi connectivity index (χ1) is 14.8. The van der Waals surface area contributed by atoms with Gasteiger partial charge in [-0.1, -0.05) is 72.8 Å². The van der Waals surface area contributed by atoms with Gasteiger partial charge in [-0.15, -0.1) is 0 Å². The molecular weight excluding hydrogens is 374 g/mol. The Morgan fingerprint density at radius 2 is 1.43 bits per heavy atom. The maximum absolute atomic E-state index is 13.4. The summed E-state index contributed by atoms with van der Waals surface area (Å²) in [6.07, 6.45) is 1.74. The highest BCUT2D eigenvalue weighted by Crippen LogP contribution is 2.32. The standard InChI is InChI=1S/C25H19N3O2/c1-30-20-14-12-17(13-15-20)21-16-26-28-23(19-10-6-3-7-11-19)22(27-25(28)24(21)29)18-8-4-2-5-9-18/h2-16,26H,1H3. The van der Waals surface area contributed by atoms with Crippen molar-refractivity contribution in [2.45, 2.75) is 0 Å². The molecule has 0 saturated heterocycles. The fraction of sp³-hybridized carbons (Fsp3) is 0.0400. The molecule has 5 nitrogen and oxygen atoms in total. The van der Waals surface area contributed by atoms with Crippen molar-refractivity contribution < 1.29 is 4.74 Å². The van der Waals surface area contributed by atoms with E-state index in [-0.39, 0.29) is 5.43 Å². The van der Waals surface area contributed by atoms with Crippen LogP contribution in [-0.4, -0.2) is 21.7 Å². The van der Waals surface area contributed by atoms with Gasteiger partial charge in [0.15, 0.2) is 0 Å². The molecule has 30 heavy (non-hydrogen) atoms. The van der Waals surface area contributed by atoms with Crippen molar-refractivity contribution in [2.75, 3.05) is 7.11 Å². The van der Waals surface area contributed by atoms with Crippen molar-refractivity contribution in [2.24, 2.45) is 0 Å². The predicted molar refractivity (Wildman–Crippen MR) is 119 cm³/mol. The molecule has 5 aromatic rings. The van der Waals surface area contributed by atoms with Crippen LogP contribution in [0.3, 0.4) is 0 Å². The summed E-state index contributed by atoms with van der Waals surface area (Å²) in [6, 6.07) is 27.3. The second-order valence-corrected chi connectivity index (χ2v) is 6.94. The van der Waals surface area contributed by atoms with Crippen LogP contribution >= 0.6 is 0 Å². The molecule has 0 atom stereocenters. The highest BCUT2D eigenvalue weighted by Gasteiger charge is 2.19. The Morgan fingerprint density at radius 1 is 0.800 bits per heavy atom. The largest absolute Gasteiger partial charge is 0.497 e. The predicted octanol–water partition coefficient (Wildman–Crippen LogP) is 5.03. The Labute approximate surface area is 173 Å². The summed E-state index contributed by atoms with van der Waals surface area (Å²) in [4.78, 5) is 18.2. The fourth-order valence-electron chi connectivity index (χ4n) is 3.66. The first kappa shape index (κ1) is 17.9. The molecule has 0 amide bonds. The summed E-state index contributed by atoms with van der Waals surface area (Å²) in [5, 5.41) is 3.27. The molecule has 0 unspecified atom stereocenters. The quantitative estimate of drug-likeness (QED) is 0.466. The second-order valence-electron chi connectivity index (χ2n) is 6.94. The molecule has 5 heteroatoms. The fourth-order valence-corrected chi connectivity index (χ4v) is 3.66. The average Bonchev–Trinajstić information content (AvgIpc) is 3.21. The molecule has 5 rings (SSSR count). The van der Waals surface area contributed by atoms with Crippen molar-refractivity contribution in [3.8, 4) is 39.4 Å². The van der Waals surface area contributed by atoms with Crippen LogP contribution in [0.2, 0.25) is 0 Å². The number of aromatic nitrogens is 3. The van der Waals surface area contributed by atoms with Crippen LogP contribution < -0.4 is 10.2 Å². The van der Waals surface area contributed by atoms with E-state index in [0.717, 1.165) is 33.8 Å². The molecule has 0 aliphatic heterocycles. The Hall–Kier alpha value is -4.12. The molecule has 0 radical (unpaired) electrons. The summed E-state index contributed by atoms with van der Waals surface area (Å²) in [6.45, 7) is 0. The zero-order valence-electron chi connectivity index (χ0n) is 16.4.